The van der Waals surface area contributed by atoms with E-state index in [1.807, 2.05) is 47.0 Å². The van der Waals surface area contributed by atoms with Crippen LogP contribution in [0.25, 0.3) is 11.1 Å². The normalized spacial score (nSPS) is 10.8. The van der Waals surface area contributed by atoms with Gasteiger partial charge in [0.05, 0.1) is 25.0 Å². The van der Waals surface area contributed by atoms with Crippen molar-refractivity contribution in [3.63, 3.8) is 0 Å². The first-order valence-electron chi connectivity index (χ1n) is 10.6. The number of aromatic nitrogens is 2. The summed E-state index contributed by atoms with van der Waals surface area (Å²) in [7, 11) is 2.88. The summed E-state index contributed by atoms with van der Waals surface area (Å²) in [4.78, 5) is 29.2. The SMILES string of the molecule is CCCCc1nc(COC)c(C(=O)OC)n1Cc1ccc(-c2ccccc2)c(C(=O)O)c1. The number of carboxylic acid groups (broad SMARTS) is 1. The van der Waals surface area contributed by atoms with Crippen molar-refractivity contribution in [2.45, 2.75) is 39.3 Å². The molecule has 0 unspecified atom stereocenters. The molecular weight excluding hydrogens is 408 g/mol. The highest BCUT2D eigenvalue weighted by Gasteiger charge is 2.24. The third-order valence-electron chi connectivity index (χ3n) is 5.27. The summed E-state index contributed by atoms with van der Waals surface area (Å²) in [6, 6.07) is 14.8. The monoisotopic (exact) mass is 436 g/mol. The first-order valence-corrected chi connectivity index (χ1v) is 10.6. The number of carbonyl (C=O) groups excluding carboxylic acids is 1. The Balaban J connectivity index is 2.07. The molecule has 0 saturated carbocycles. The second-order valence-corrected chi connectivity index (χ2v) is 7.49. The first kappa shape index (κ1) is 23.2. The number of nitrogens with zero attached hydrogens (tertiary/aromatic N) is 2. The second kappa shape index (κ2) is 10.7. The van der Waals surface area contributed by atoms with Gasteiger partial charge < -0.3 is 19.1 Å². The van der Waals surface area contributed by atoms with Crippen molar-refractivity contribution in [2.24, 2.45) is 0 Å². The molecule has 0 atom stereocenters. The van der Waals surface area contributed by atoms with Crippen molar-refractivity contribution < 1.29 is 24.2 Å². The molecule has 0 aliphatic heterocycles. The number of methoxy groups -OCH3 is 2. The number of benzene rings is 2. The maximum Gasteiger partial charge on any atom is 0.356 e. The van der Waals surface area contributed by atoms with Crippen LogP contribution in [0.5, 0.6) is 0 Å². The van der Waals surface area contributed by atoms with Crippen LogP contribution in [0.2, 0.25) is 0 Å². The zero-order valence-corrected chi connectivity index (χ0v) is 18.6. The van der Waals surface area contributed by atoms with Crippen molar-refractivity contribution >= 4 is 11.9 Å². The van der Waals surface area contributed by atoms with Gasteiger partial charge in [0.25, 0.3) is 0 Å². The van der Waals surface area contributed by atoms with Gasteiger partial charge in [0, 0.05) is 20.1 Å². The topological polar surface area (TPSA) is 90.7 Å². The van der Waals surface area contributed by atoms with E-state index in [9.17, 15) is 14.7 Å². The first-order chi connectivity index (χ1) is 15.5. The van der Waals surface area contributed by atoms with Crippen molar-refractivity contribution in [2.75, 3.05) is 14.2 Å². The molecule has 0 radical (unpaired) electrons. The summed E-state index contributed by atoms with van der Waals surface area (Å²) in [5, 5.41) is 9.83. The van der Waals surface area contributed by atoms with E-state index >= 15 is 0 Å². The van der Waals surface area contributed by atoms with Gasteiger partial charge in [-0.15, -0.1) is 0 Å². The molecule has 0 aliphatic carbocycles. The zero-order valence-electron chi connectivity index (χ0n) is 18.6. The molecule has 0 aliphatic rings. The number of ether oxygens (including phenoxy) is 2. The Hall–Kier alpha value is -3.45. The number of unbranched alkanes of at least 4 members (excludes halogenated alkanes) is 1. The third kappa shape index (κ3) is 5.06. The van der Waals surface area contributed by atoms with Crippen LogP contribution in [0.3, 0.4) is 0 Å². The Morgan fingerprint density at radius 2 is 1.84 bits per heavy atom. The molecule has 0 bridgehead atoms. The molecule has 7 nitrogen and oxygen atoms in total. The quantitative estimate of drug-likeness (QED) is 0.468. The van der Waals surface area contributed by atoms with Crippen LogP contribution in [-0.4, -0.2) is 40.8 Å². The molecule has 0 spiro atoms. The van der Waals surface area contributed by atoms with E-state index in [1.165, 1.54) is 7.11 Å². The molecular formula is C25H28N2O5. The lowest BCUT2D eigenvalue weighted by Gasteiger charge is -2.14. The number of hydrogen-bond acceptors (Lipinski definition) is 5. The van der Waals surface area contributed by atoms with Gasteiger partial charge in [-0.1, -0.05) is 55.8 Å². The number of imidazole rings is 1. The zero-order chi connectivity index (χ0) is 23.1. The van der Waals surface area contributed by atoms with E-state index < -0.39 is 11.9 Å². The molecule has 0 fully saturated rings. The Bertz CT molecular complexity index is 1090. The van der Waals surface area contributed by atoms with Crippen LogP contribution >= 0.6 is 0 Å². The molecule has 32 heavy (non-hydrogen) atoms. The minimum Gasteiger partial charge on any atom is -0.478 e. The molecule has 168 valence electrons. The largest absolute Gasteiger partial charge is 0.478 e. The molecule has 1 heterocycles. The van der Waals surface area contributed by atoms with Gasteiger partial charge in [0.15, 0.2) is 5.69 Å². The van der Waals surface area contributed by atoms with E-state index in [1.54, 1.807) is 13.2 Å². The summed E-state index contributed by atoms with van der Waals surface area (Å²) >= 11 is 0. The lowest BCUT2D eigenvalue weighted by atomic mass is 9.97. The lowest BCUT2D eigenvalue weighted by molar-refractivity contribution is 0.0582. The number of aromatic carboxylic acids is 1. The van der Waals surface area contributed by atoms with Crippen LogP contribution in [0.4, 0.5) is 0 Å². The molecule has 3 aromatic rings. The van der Waals surface area contributed by atoms with Crippen LogP contribution < -0.4 is 0 Å². The lowest BCUT2D eigenvalue weighted by Crippen LogP contribution is -2.16. The van der Waals surface area contributed by atoms with Gasteiger partial charge in [0.1, 0.15) is 5.82 Å². The number of carboxylic acids is 1. The number of rotatable bonds is 10. The van der Waals surface area contributed by atoms with Gasteiger partial charge in [-0.2, -0.15) is 0 Å². The smallest absolute Gasteiger partial charge is 0.356 e. The fourth-order valence-corrected chi connectivity index (χ4v) is 3.73. The number of aryl methyl sites for hydroxylation is 1. The predicted molar refractivity (Wildman–Crippen MR) is 121 cm³/mol. The van der Waals surface area contributed by atoms with Crippen molar-refractivity contribution in [3.05, 3.63) is 76.9 Å². The minimum atomic E-state index is -1.00. The molecule has 2 aromatic carbocycles. The fourth-order valence-electron chi connectivity index (χ4n) is 3.73. The van der Waals surface area contributed by atoms with Crippen molar-refractivity contribution in [3.8, 4) is 11.1 Å². The highest BCUT2D eigenvalue weighted by molar-refractivity contribution is 5.96. The summed E-state index contributed by atoms with van der Waals surface area (Å²) in [5.41, 5.74) is 3.30. The van der Waals surface area contributed by atoms with Crippen LogP contribution in [0, 0.1) is 0 Å². The average molecular weight is 437 g/mol. The molecule has 1 N–H and O–H groups in total. The summed E-state index contributed by atoms with van der Waals surface area (Å²) in [6.45, 7) is 2.57. The van der Waals surface area contributed by atoms with E-state index in [-0.39, 0.29) is 12.2 Å². The second-order valence-electron chi connectivity index (χ2n) is 7.49. The Morgan fingerprint density at radius 3 is 2.47 bits per heavy atom. The Labute approximate surface area is 187 Å². The van der Waals surface area contributed by atoms with Crippen molar-refractivity contribution in [1.29, 1.82) is 0 Å². The van der Waals surface area contributed by atoms with Crippen LogP contribution in [0.15, 0.2) is 48.5 Å². The van der Waals surface area contributed by atoms with Gasteiger partial charge in [0.2, 0.25) is 0 Å². The molecule has 7 heteroatoms. The van der Waals surface area contributed by atoms with E-state index in [2.05, 4.69) is 11.9 Å². The number of hydrogen-bond donors (Lipinski definition) is 1. The Morgan fingerprint density at radius 1 is 1.09 bits per heavy atom. The minimum absolute atomic E-state index is 0.184. The summed E-state index contributed by atoms with van der Waals surface area (Å²) < 4.78 is 12.1. The van der Waals surface area contributed by atoms with E-state index in [0.29, 0.717) is 29.9 Å². The highest BCUT2D eigenvalue weighted by atomic mass is 16.5. The van der Waals surface area contributed by atoms with E-state index in [4.69, 9.17) is 9.47 Å². The average Bonchev–Trinajstić information content (AvgIpc) is 3.14. The molecule has 0 amide bonds. The van der Waals surface area contributed by atoms with Crippen LogP contribution in [-0.2, 0) is 29.0 Å². The molecule has 0 saturated heterocycles. The van der Waals surface area contributed by atoms with Gasteiger partial charge in [-0.05, 0) is 29.2 Å². The number of esters is 1. The maximum atomic E-state index is 12.6. The van der Waals surface area contributed by atoms with E-state index in [0.717, 1.165) is 29.8 Å². The standard InChI is InChI=1S/C25H28N2O5/c1-4-5-11-22-26-21(16-31-2)23(25(30)32-3)27(22)15-17-12-13-19(20(14-17)24(28)29)18-9-7-6-8-10-18/h6-10,12-14H,4-5,11,15-16H2,1-3H3,(H,28,29). The maximum absolute atomic E-state index is 12.6. The van der Waals surface area contributed by atoms with Gasteiger partial charge in [-0.25, -0.2) is 14.6 Å². The predicted octanol–water partition coefficient (Wildman–Crippen LogP) is 4.57. The van der Waals surface area contributed by atoms with Crippen molar-refractivity contribution in [1.82, 2.24) is 9.55 Å². The fraction of sp³-hybridized carbons (Fsp3) is 0.320. The molecule has 3 rings (SSSR count). The van der Waals surface area contributed by atoms with Gasteiger partial charge >= 0.3 is 11.9 Å². The number of carbonyl (C=O) groups is 2. The highest BCUT2D eigenvalue weighted by Crippen LogP contribution is 2.26. The Kier molecular flexibility index (Phi) is 7.78. The third-order valence-corrected chi connectivity index (χ3v) is 5.27. The molecule has 1 aromatic heterocycles. The van der Waals surface area contributed by atoms with Gasteiger partial charge in [-0.3, -0.25) is 0 Å². The summed E-state index contributed by atoms with van der Waals surface area (Å²) in [5.74, 6) is -0.745. The van der Waals surface area contributed by atoms with Crippen LogP contribution in [0.1, 0.15) is 57.7 Å². The summed E-state index contributed by atoms with van der Waals surface area (Å²) in [6.07, 6.45) is 2.59.